The standard InChI is InChI=1S/C30H30ClNO6/c1-6-37-25-15-19(7-11-23(25)33)27-26(28(34)20-8-12-24(18(5)13-20)38-16(2)3)29(35)30(36)32(27)22-10-9-21(31)14-17(22)4/h7-16,27,33-34H,6H2,1-5H3/b28-26+. The Balaban J connectivity index is 1.94. The monoisotopic (exact) mass is 535 g/mol. The summed E-state index contributed by atoms with van der Waals surface area (Å²) in [6.45, 7) is 9.55. The molecular formula is C30H30ClNO6. The van der Waals surface area contributed by atoms with Crippen LogP contribution in [0, 0.1) is 13.8 Å². The van der Waals surface area contributed by atoms with Crippen LogP contribution in [0.3, 0.4) is 0 Å². The average molecular weight is 536 g/mol. The van der Waals surface area contributed by atoms with Crippen molar-refractivity contribution in [3.8, 4) is 17.2 Å². The van der Waals surface area contributed by atoms with E-state index in [9.17, 15) is 19.8 Å². The van der Waals surface area contributed by atoms with Crippen LogP contribution in [0.1, 0.15) is 49.1 Å². The summed E-state index contributed by atoms with van der Waals surface area (Å²) in [5.74, 6) is -1.14. The molecular weight excluding hydrogens is 506 g/mol. The van der Waals surface area contributed by atoms with Crippen molar-refractivity contribution in [2.75, 3.05) is 11.5 Å². The number of anilines is 1. The molecule has 0 aromatic heterocycles. The van der Waals surface area contributed by atoms with Crippen molar-refractivity contribution in [1.29, 1.82) is 0 Å². The number of aliphatic hydroxyl groups is 1. The topological polar surface area (TPSA) is 96.3 Å². The molecule has 4 rings (SSSR count). The number of aliphatic hydroxyl groups excluding tert-OH is 1. The number of aryl methyl sites for hydroxylation is 2. The second-order valence-electron chi connectivity index (χ2n) is 9.41. The van der Waals surface area contributed by atoms with E-state index in [0.29, 0.717) is 39.8 Å². The molecule has 3 aromatic carbocycles. The van der Waals surface area contributed by atoms with Gasteiger partial charge >= 0.3 is 0 Å². The number of rotatable bonds is 7. The number of amides is 1. The van der Waals surface area contributed by atoms with Crippen molar-refractivity contribution in [3.63, 3.8) is 0 Å². The Morgan fingerprint density at radius 3 is 2.37 bits per heavy atom. The summed E-state index contributed by atoms with van der Waals surface area (Å²) in [5.41, 5.74) is 2.71. The van der Waals surface area contributed by atoms with Gasteiger partial charge in [0.25, 0.3) is 11.7 Å². The van der Waals surface area contributed by atoms with Gasteiger partial charge in [0.2, 0.25) is 0 Å². The van der Waals surface area contributed by atoms with Crippen molar-refractivity contribution >= 4 is 34.7 Å². The lowest BCUT2D eigenvalue weighted by Crippen LogP contribution is -2.30. The third kappa shape index (κ3) is 5.07. The summed E-state index contributed by atoms with van der Waals surface area (Å²) < 4.78 is 11.4. The molecule has 3 aromatic rings. The third-order valence-corrected chi connectivity index (χ3v) is 6.51. The molecule has 1 unspecified atom stereocenters. The summed E-state index contributed by atoms with van der Waals surface area (Å²) >= 11 is 6.16. The van der Waals surface area contributed by atoms with Crippen LogP contribution in [0.2, 0.25) is 5.02 Å². The Kier molecular flexibility index (Phi) is 7.69. The Morgan fingerprint density at radius 2 is 1.74 bits per heavy atom. The predicted octanol–water partition coefficient (Wildman–Crippen LogP) is 6.47. The maximum Gasteiger partial charge on any atom is 0.300 e. The van der Waals surface area contributed by atoms with E-state index in [2.05, 4.69) is 0 Å². The fourth-order valence-corrected chi connectivity index (χ4v) is 4.82. The van der Waals surface area contributed by atoms with Gasteiger partial charge in [0.05, 0.1) is 24.3 Å². The zero-order valence-electron chi connectivity index (χ0n) is 21.9. The molecule has 2 N–H and O–H groups in total. The molecule has 0 saturated carbocycles. The molecule has 198 valence electrons. The van der Waals surface area contributed by atoms with Gasteiger partial charge in [-0.15, -0.1) is 0 Å². The maximum absolute atomic E-state index is 13.5. The molecule has 1 aliphatic heterocycles. The summed E-state index contributed by atoms with van der Waals surface area (Å²) in [7, 11) is 0. The third-order valence-electron chi connectivity index (χ3n) is 6.27. The zero-order valence-corrected chi connectivity index (χ0v) is 22.7. The van der Waals surface area contributed by atoms with E-state index < -0.39 is 17.7 Å². The normalized spacial score (nSPS) is 16.8. The molecule has 1 amide bonds. The Bertz CT molecular complexity index is 1440. The second kappa shape index (κ2) is 10.8. The summed E-state index contributed by atoms with van der Waals surface area (Å²) in [4.78, 5) is 28.3. The second-order valence-corrected chi connectivity index (χ2v) is 9.84. The Labute approximate surface area is 226 Å². The first-order chi connectivity index (χ1) is 18.0. The molecule has 38 heavy (non-hydrogen) atoms. The number of phenols is 1. The number of phenolic OH excluding ortho intramolecular Hbond substituents is 1. The van der Waals surface area contributed by atoms with Gasteiger partial charge in [0.15, 0.2) is 11.5 Å². The van der Waals surface area contributed by atoms with Crippen LogP contribution < -0.4 is 14.4 Å². The van der Waals surface area contributed by atoms with Crippen molar-refractivity contribution < 1.29 is 29.3 Å². The number of hydrogen-bond donors (Lipinski definition) is 2. The molecule has 8 heteroatoms. The van der Waals surface area contributed by atoms with Gasteiger partial charge in [0.1, 0.15) is 11.5 Å². The largest absolute Gasteiger partial charge is 0.507 e. The van der Waals surface area contributed by atoms with Crippen LogP contribution in [0.4, 0.5) is 5.69 Å². The number of ether oxygens (including phenoxy) is 2. The van der Waals surface area contributed by atoms with E-state index in [-0.39, 0.29) is 28.9 Å². The van der Waals surface area contributed by atoms with Gasteiger partial charge in [0, 0.05) is 16.3 Å². The minimum absolute atomic E-state index is 0.0323. The number of hydrogen-bond acceptors (Lipinski definition) is 6. The number of carbonyl (C=O) groups is 2. The predicted molar refractivity (Wildman–Crippen MR) is 147 cm³/mol. The van der Waals surface area contributed by atoms with Gasteiger partial charge in [-0.1, -0.05) is 17.7 Å². The minimum atomic E-state index is -0.985. The first kappa shape index (κ1) is 27.1. The van der Waals surface area contributed by atoms with Gasteiger partial charge < -0.3 is 19.7 Å². The van der Waals surface area contributed by atoms with Crippen LogP contribution in [0.25, 0.3) is 5.76 Å². The molecule has 1 fully saturated rings. The number of halogens is 1. The van der Waals surface area contributed by atoms with E-state index in [4.69, 9.17) is 21.1 Å². The minimum Gasteiger partial charge on any atom is -0.507 e. The van der Waals surface area contributed by atoms with Crippen LogP contribution in [-0.2, 0) is 9.59 Å². The van der Waals surface area contributed by atoms with E-state index >= 15 is 0 Å². The molecule has 1 aliphatic rings. The molecule has 7 nitrogen and oxygen atoms in total. The molecule has 0 aliphatic carbocycles. The maximum atomic E-state index is 13.5. The van der Waals surface area contributed by atoms with Gasteiger partial charge in [-0.2, -0.15) is 0 Å². The number of carbonyl (C=O) groups excluding carboxylic acids is 2. The Morgan fingerprint density at radius 1 is 1.00 bits per heavy atom. The van der Waals surface area contributed by atoms with Gasteiger partial charge in [-0.05, 0) is 99.8 Å². The summed E-state index contributed by atoms with van der Waals surface area (Å²) in [6, 6.07) is 13.7. The lowest BCUT2D eigenvalue weighted by molar-refractivity contribution is -0.132. The smallest absolute Gasteiger partial charge is 0.300 e. The summed E-state index contributed by atoms with van der Waals surface area (Å²) in [5, 5.41) is 22.2. The average Bonchev–Trinajstić information content (AvgIpc) is 3.11. The van der Waals surface area contributed by atoms with Crippen molar-refractivity contribution in [2.45, 2.75) is 46.8 Å². The number of ketones is 1. The Hall–Kier alpha value is -3.97. The molecule has 1 saturated heterocycles. The van der Waals surface area contributed by atoms with Crippen LogP contribution in [0.15, 0.2) is 60.2 Å². The fourth-order valence-electron chi connectivity index (χ4n) is 4.60. The van der Waals surface area contributed by atoms with Crippen LogP contribution in [-0.4, -0.2) is 34.6 Å². The van der Waals surface area contributed by atoms with Crippen LogP contribution >= 0.6 is 11.6 Å². The first-order valence-corrected chi connectivity index (χ1v) is 12.7. The van der Waals surface area contributed by atoms with Crippen molar-refractivity contribution in [1.82, 2.24) is 0 Å². The SMILES string of the molecule is CCOc1cc(C2/C(=C(\O)c3ccc(OC(C)C)c(C)c3)C(=O)C(=O)N2c2ccc(Cl)cc2C)ccc1O. The lowest BCUT2D eigenvalue weighted by atomic mass is 9.94. The van der Waals surface area contributed by atoms with Crippen molar-refractivity contribution in [3.05, 3.63) is 87.4 Å². The highest BCUT2D eigenvalue weighted by Gasteiger charge is 2.47. The van der Waals surface area contributed by atoms with Crippen LogP contribution in [0.5, 0.6) is 17.2 Å². The molecule has 1 atom stereocenters. The van der Waals surface area contributed by atoms with Gasteiger partial charge in [-0.25, -0.2) is 0 Å². The summed E-state index contributed by atoms with van der Waals surface area (Å²) in [6.07, 6.45) is -0.0323. The quantitative estimate of drug-likeness (QED) is 0.204. The lowest BCUT2D eigenvalue weighted by Gasteiger charge is -2.27. The van der Waals surface area contributed by atoms with E-state index in [1.165, 1.54) is 11.0 Å². The number of aromatic hydroxyl groups is 1. The highest BCUT2D eigenvalue weighted by atomic mass is 35.5. The van der Waals surface area contributed by atoms with Crippen molar-refractivity contribution in [2.24, 2.45) is 0 Å². The number of Topliss-reactive ketones (excluding diaryl/α,β-unsaturated/α-hetero) is 1. The zero-order chi connectivity index (χ0) is 27.7. The highest BCUT2D eigenvalue weighted by molar-refractivity contribution is 6.51. The highest BCUT2D eigenvalue weighted by Crippen LogP contribution is 2.45. The van der Waals surface area contributed by atoms with E-state index in [1.54, 1.807) is 62.4 Å². The molecule has 0 bridgehead atoms. The molecule has 0 spiro atoms. The molecule has 1 heterocycles. The fraction of sp³-hybridized carbons (Fsp3) is 0.267. The van der Waals surface area contributed by atoms with E-state index in [1.807, 2.05) is 20.8 Å². The number of benzene rings is 3. The number of nitrogens with zero attached hydrogens (tertiary/aromatic N) is 1. The molecule has 0 radical (unpaired) electrons. The van der Waals surface area contributed by atoms with E-state index in [0.717, 1.165) is 5.56 Å². The first-order valence-electron chi connectivity index (χ1n) is 12.3. The van der Waals surface area contributed by atoms with Gasteiger partial charge in [-0.3, -0.25) is 14.5 Å².